The zero-order valence-corrected chi connectivity index (χ0v) is 11.2. The van der Waals surface area contributed by atoms with Crippen molar-refractivity contribution in [3.8, 4) is 0 Å². The number of hydrogen-bond acceptors (Lipinski definition) is 2. The van der Waals surface area contributed by atoms with Gasteiger partial charge < -0.3 is 9.64 Å². The highest BCUT2D eigenvalue weighted by Gasteiger charge is 2.39. The Bertz CT molecular complexity index is 352. The highest BCUT2D eigenvalue weighted by molar-refractivity contribution is 5.79. The summed E-state index contributed by atoms with van der Waals surface area (Å²) in [6.07, 6.45) is 10.4. The van der Waals surface area contributed by atoms with E-state index in [-0.39, 0.29) is 5.92 Å². The van der Waals surface area contributed by atoms with Gasteiger partial charge in [0.1, 0.15) is 0 Å². The molecule has 2 aliphatic heterocycles. The fraction of sp³-hybridized carbons (Fsp3) is 0.800. The van der Waals surface area contributed by atoms with Crippen LogP contribution in [0.2, 0.25) is 0 Å². The molecule has 4 atom stereocenters. The molecule has 100 valence electrons. The number of carbonyl (C=O) groups is 1. The first-order chi connectivity index (χ1) is 8.74. The van der Waals surface area contributed by atoms with Gasteiger partial charge in [0.15, 0.2) is 0 Å². The second-order valence-electron chi connectivity index (χ2n) is 6.04. The fourth-order valence-electron chi connectivity index (χ4n) is 3.67. The molecule has 1 amide bonds. The van der Waals surface area contributed by atoms with Gasteiger partial charge in [0.2, 0.25) is 5.91 Å². The van der Waals surface area contributed by atoms with Crippen molar-refractivity contribution in [2.45, 2.75) is 51.2 Å². The summed E-state index contributed by atoms with van der Waals surface area (Å²) in [6.45, 7) is 3.97. The van der Waals surface area contributed by atoms with E-state index in [4.69, 9.17) is 4.74 Å². The summed E-state index contributed by atoms with van der Waals surface area (Å²) in [4.78, 5) is 14.6. The molecule has 0 aromatic rings. The van der Waals surface area contributed by atoms with Gasteiger partial charge in [0.05, 0.1) is 12.2 Å². The molecule has 3 heteroatoms. The van der Waals surface area contributed by atoms with E-state index < -0.39 is 0 Å². The molecule has 0 bridgehead atoms. The van der Waals surface area contributed by atoms with Crippen LogP contribution in [0.3, 0.4) is 0 Å². The Morgan fingerprint density at radius 1 is 1.33 bits per heavy atom. The third-order valence-electron chi connectivity index (χ3n) is 4.64. The lowest BCUT2D eigenvalue weighted by Crippen LogP contribution is -2.46. The molecule has 3 aliphatic rings. The molecule has 0 saturated carbocycles. The molecule has 1 aliphatic carbocycles. The van der Waals surface area contributed by atoms with Crippen LogP contribution in [0.5, 0.6) is 0 Å². The minimum absolute atomic E-state index is 0.242. The summed E-state index contributed by atoms with van der Waals surface area (Å²) in [5.74, 6) is 1.21. The van der Waals surface area contributed by atoms with Crippen LogP contribution in [-0.2, 0) is 9.53 Å². The monoisotopic (exact) mass is 249 g/mol. The highest BCUT2D eigenvalue weighted by Crippen LogP contribution is 2.33. The molecule has 0 radical (unpaired) electrons. The molecule has 18 heavy (non-hydrogen) atoms. The Kier molecular flexibility index (Phi) is 3.42. The van der Waals surface area contributed by atoms with Crippen molar-refractivity contribution >= 4 is 5.91 Å². The SMILES string of the molecule is C[C@@H]1C[C@@H]2CN(C(=O)C3CC=CCC3)CC[C@@H]2O1. The number of piperidine rings is 1. The lowest BCUT2D eigenvalue weighted by molar-refractivity contribution is -0.139. The predicted octanol–water partition coefficient (Wildman–Crippen LogP) is 2.37. The van der Waals surface area contributed by atoms with Crippen LogP contribution in [0.1, 0.15) is 39.0 Å². The average molecular weight is 249 g/mol. The number of carbonyl (C=O) groups excluding carboxylic acids is 1. The molecule has 3 rings (SSSR count). The zero-order chi connectivity index (χ0) is 12.5. The molecule has 0 N–H and O–H groups in total. The van der Waals surface area contributed by atoms with Gasteiger partial charge in [-0.15, -0.1) is 0 Å². The molecule has 0 spiro atoms. The van der Waals surface area contributed by atoms with Crippen molar-refractivity contribution < 1.29 is 9.53 Å². The van der Waals surface area contributed by atoms with E-state index in [9.17, 15) is 4.79 Å². The Labute approximate surface area is 109 Å². The van der Waals surface area contributed by atoms with Gasteiger partial charge in [-0.25, -0.2) is 0 Å². The van der Waals surface area contributed by atoms with Gasteiger partial charge in [-0.2, -0.15) is 0 Å². The van der Waals surface area contributed by atoms with E-state index in [0.717, 1.165) is 45.2 Å². The number of amides is 1. The summed E-state index contributed by atoms with van der Waals surface area (Å²) < 4.78 is 5.89. The number of hydrogen-bond donors (Lipinski definition) is 0. The molecular formula is C15H23NO2. The number of nitrogens with zero attached hydrogens (tertiary/aromatic N) is 1. The lowest BCUT2D eigenvalue weighted by atomic mass is 9.89. The van der Waals surface area contributed by atoms with Gasteiger partial charge in [0.25, 0.3) is 0 Å². The Morgan fingerprint density at radius 3 is 3.00 bits per heavy atom. The van der Waals surface area contributed by atoms with Crippen molar-refractivity contribution in [3.05, 3.63) is 12.2 Å². The number of likely N-dealkylation sites (tertiary alicyclic amines) is 1. The predicted molar refractivity (Wildman–Crippen MR) is 70.1 cm³/mol. The van der Waals surface area contributed by atoms with E-state index >= 15 is 0 Å². The van der Waals surface area contributed by atoms with Crippen LogP contribution in [0, 0.1) is 11.8 Å². The largest absolute Gasteiger partial charge is 0.375 e. The van der Waals surface area contributed by atoms with E-state index in [0.29, 0.717) is 24.0 Å². The van der Waals surface area contributed by atoms with Crippen LogP contribution < -0.4 is 0 Å². The lowest BCUT2D eigenvalue weighted by Gasteiger charge is -2.36. The summed E-state index contributed by atoms with van der Waals surface area (Å²) in [5.41, 5.74) is 0. The quantitative estimate of drug-likeness (QED) is 0.668. The minimum Gasteiger partial charge on any atom is -0.375 e. The molecular weight excluding hydrogens is 226 g/mol. The van der Waals surface area contributed by atoms with Gasteiger partial charge >= 0.3 is 0 Å². The Morgan fingerprint density at radius 2 is 2.22 bits per heavy atom. The maximum Gasteiger partial charge on any atom is 0.226 e. The average Bonchev–Trinajstić information content (AvgIpc) is 2.78. The highest BCUT2D eigenvalue weighted by atomic mass is 16.5. The molecule has 2 heterocycles. The topological polar surface area (TPSA) is 29.5 Å². The summed E-state index contributed by atoms with van der Waals surface area (Å²) in [6, 6.07) is 0. The van der Waals surface area contributed by atoms with Crippen LogP contribution in [0.4, 0.5) is 0 Å². The van der Waals surface area contributed by atoms with E-state index in [1.54, 1.807) is 0 Å². The van der Waals surface area contributed by atoms with E-state index in [2.05, 4.69) is 24.0 Å². The second-order valence-corrected chi connectivity index (χ2v) is 6.04. The van der Waals surface area contributed by atoms with Crippen LogP contribution in [0.25, 0.3) is 0 Å². The normalized spacial score (nSPS) is 39.7. The maximum atomic E-state index is 12.5. The third-order valence-corrected chi connectivity index (χ3v) is 4.64. The Balaban J connectivity index is 1.60. The second kappa shape index (κ2) is 5.04. The van der Waals surface area contributed by atoms with E-state index in [1.807, 2.05) is 0 Å². The van der Waals surface area contributed by atoms with Gasteiger partial charge in [-0.3, -0.25) is 4.79 Å². The molecule has 3 nitrogen and oxygen atoms in total. The fourth-order valence-corrected chi connectivity index (χ4v) is 3.67. The Hall–Kier alpha value is -0.830. The molecule has 2 saturated heterocycles. The first-order valence-electron chi connectivity index (χ1n) is 7.33. The van der Waals surface area contributed by atoms with E-state index in [1.165, 1.54) is 0 Å². The number of allylic oxidation sites excluding steroid dienone is 2. The smallest absolute Gasteiger partial charge is 0.226 e. The van der Waals surface area contributed by atoms with Gasteiger partial charge in [-0.1, -0.05) is 12.2 Å². The molecule has 2 fully saturated rings. The van der Waals surface area contributed by atoms with Gasteiger partial charge in [-0.05, 0) is 39.0 Å². The first-order valence-corrected chi connectivity index (χ1v) is 7.33. The van der Waals surface area contributed by atoms with Crippen molar-refractivity contribution in [1.29, 1.82) is 0 Å². The number of rotatable bonds is 1. The first kappa shape index (κ1) is 12.2. The van der Waals surface area contributed by atoms with Crippen molar-refractivity contribution in [1.82, 2.24) is 4.90 Å². The standard InChI is InChI=1S/C15H23NO2/c1-11-9-13-10-16(8-7-14(13)18-11)15(17)12-5-3-2-4-6-12/h2-3,11-14H,4-10H2,1H3/t11-,12?,13-,14+/m1/s1. The summed E-state index contributed by atoms with van der Waals surface area (Å²) in [5, 5.41) is 0. The summed E-state index contributed by atoms with van der Waals surface area (Å²) in [7, 11) is 0. The molecule has 0 aromatic carbocycles. The maximum absolute atomic E-state index is 12.5. The number of ether oxygens (including phenoxy) is 1. The molecule has 0 aromatic heterocycles. The van der Waals surface area contributed by atoms with Crippen molar-refractivity contribution in [2.24, 2.45) is 11.8 Å². The van der Waals surface area contributed by atoms with Crippen molar-refractivity contribution in [3.63, 3.8) is 0 Å². The third kappa shape index (κ3) is 2.33. The minimum atomic E-state index is 0.242. The number of fused-ring (bicyclic) bond motifs is 1. The van der Waals surface area contributed by atoms with Crippen LogP contribution >= 0.6 is 0 Å². The van der Waals surface area contributed by atoms with Gasteiger partial charge in [0, 0.05) is 24.9 Å². The van der Waals surface area contributed by atoms with Crippen molar-refractivity contribution in [2.75, 3.05) is 13.1 Å². The van der Waals surface area contributed by atoms with Crippen LogP contribution in [0.15, 0.2) is 12.2 Å². The molecule has 1 unspecified atom stereocenters. The van der Waals surface area contributed by atoms with Crippen LogP contribution in [-0.4, -0.2) is 36.1 Å². The zero-order valence-electron chi connectivity index (χ0n) is 11.2. The summed E-state index contributed by atoms with van der Waals surface area (Å²) >= 11 is 0.